The number of benzene rings is 2. The van der Waals surface area contributed by atoms with E-state index >= 15 is 0 Å². The molecule has 0 unspecified atom stereocenters. The van der Waals surface area contributed by atoms with Crippen LogP contribution in [0.2, 0.25) is 13.3 Å². The van der Waals surface area contributed by atoms with Crippen molar-refractivity contribution in [2.75, 3.05) is 14.2 Å². The summed E-state index contributed by atoms with van der Waals surface area (Å²) in [5, 5.41) is -7.00. The van der Waals surface area contributed by atoms with Gasteiger partial charge in [0.2, 0.25) is 0 Å². The maximum Gasteiger partial charge on any atom is 0.460 e. The van der Waals surface area contributed by atoms with Crippen LogP contribution in [-0.2, 0) is 20.7 Å². The summed E-state index contributed by atoms with van der Waals surface area (Å²) in [6, 6.07) is 9.34. The first kappa shape index (κ1) is 46.6. The van der Waals surface area contributed by atoms with Crippen molar-refractivity contribution in [1.29, 1.82) is 0 Å². The molecule has 0 atom stereocenters. The molecule has 0 N–H and O–H groups in total. The molecule has 0 aliphatic heterocycles. The molecule has 0 aromatic heterocycles. The van der Waals surface area contributed by atoms with E-state index in [1.54, 1.807) is 13.3 Å². The van der Waals surface area contributed by atoms with Gasteiger partial charge in [-0.15, -0.1) is 0 Å². The summed E-state index contributed by atoms with van der Waals surface area (Å²) < 4.78 is 168. The molecule has 1 aliphatic rings. The standard InChI is InChI=1S/C23H19F9O5S.3C4H9.C2H3.Sn/c1-35-15-8-6-13(7-9-15)17-5-3-4-14-12-16(36-2)10-11-18(14)19(17)37-38(33,34)23(31,32)21(26,27)20(24,25)22(28,29)30;3*1-3-4-2;1-2;/h6-12H,3-5H2,1-2H3;3*1,3-4H2,2H3;1H,2H2;. The van der Waals surface area contributed by atoms with Crippen LogP contribution in [0.3, 0.4) is 0 Å². The fourth-order valence-electron chi connectivity index (χ4n) is 5.97. The van der Waals surface area contributed by atoms with E-state index in [4.69, 9.17) is 9.47 Å². The first-order chi connectivity index (χ1) is 24.7. The molecular weight excluding hydrogens is 846 g/mol. The first-order valence-corrected chi connectivity index (χ1v) is 26.6. The average molecular weight is 896 g/mol. The fourth-order valence-corrected chi connectivity index (χ4v) is 19.9. The van der Waals surface area contributed by atoms with Crippen LogP contribution in [0.25, 0.3) is 11.3 Å². The molecular formula is C37H49F9O5SSn. The van der Waals surface area contributed by atoms with Crippen molar-refractivity contribution in [2.24, 2.45) is 0 Å². The fraction of sp³-hybridized carbons (Fsp3) is 0.568. The van der Waals surface area contributed by atoms with Crippen LogP contribution in [-0.4, -0.2) is 64.3 Å². The number of aryl methyl sites for hydroxylation is 1. The number of rotatable bonds is 18. The Balaban J connectivity index is 0.000000546. The molecule has 5 nitrogen and oxygen atoms in total. The van der Waals surface area contributed by atoms with E-state index in [-0.39, 0.29) is 47.3 Å². The number of fused-ring (bicyclic) bond motifs is 1. The third kappa shape index (κ3) is 10.8. The number of hydrogen-bond donors (Lipinski definition) is 0. The van der Waals surface area contributed by atoms with Crippen molar-refractivity contribution in [3.05, 3.63) is 69.8 Å². The van der Waals surface area contributed by atoms with E-state index in [2.05, 4.69) is 35.6 Å². The SMILES string of the molecule is C=[CH][Sn]([CH2]CCC)([CH2]CCC)[CH2]CCC.COc1ccc(C2=C(OS(=O)(=O)C(F)(F)C(F)(F)C(F)(F)C(F)(F)F)c3ccc(OC)cc3CCC2)cc1. The Hall–Kier alpha value is -2.56. The van der Waals surface area contributed by atoms with E-state index in [0.717, 1.165) is 6.07 Å². The number of allylic oxidation sites excluding steroid dienone is 1. The van der Waals surface area contributed by atoms with Gasteiger partial charge in [-0.3, -0.25) is 0 Å². The van der Waals surface area contributed by atoms with Gasteiger partial charge in [-0.05, 0) is 60.7 Å². The molecule has 0 radical (unpaired) electrons. The van der Waals surface area contributed by atoms with Crippen LogP contribution in [0.4, 0.5) is 39.5 Å². The monoisotopic (exact) mass is 896 g/mol. The largest absolute Gasteiger partial charge is 0.497 e. The summed E-state index contributed by atoms with van der Waals surface area (Å²) in [6.07, 6.45) is 1.63. The molecule has 1 aliphatic carbocycles. The summed E-state index contributed by atoms with van der Waals surface area (Å²) in [5.74, 6) is -15.2. The molecule has 53 heavy (non-hydrogen) atoms. The van der Waals surface area contributed by atoms with Gasteiger partial charge in [0.05, 0.1) is 14.2 Å². The molecule has 0 heterocycles. The minimum absolute atomic E-state index is 0.0746. The Kier molecular flexibility index (Phi) is 17.0. The number of unbranched alkanes of at least 4 members (excludes halogenated alkanes) is 3. The Labute approximate surface area is 311 Å². The summed E-state index contributed by atoms with van der Waals surface area (Å²) in [7, 11) is -4.54. The Bertz CT molecular complexity index is 1600. The van der Waals surface area contributed by atoms with E-state index < -0.39 is 57.5 Å². The molecule has 0 spiro atoms. The van der Waals surface area contributed by atoms with Gasteiger partial charge in [-0.1, -0.05) is 12.1 Å². The van der Waals surface area contributed by atoms with Crippen molar-refractivity contribution in [3.8, 4) is 11.5 Å². The summed E-state index contributed by atoms with van der Waals surface area (Å²) in [5.41, 5.74) is 0.116. The van der Waals surface area contributed by atoms with Crippen LogP contribution in [0.15, 0.2) is 53.1 Å². The minimum atomic E-state index is -7.43. The average Bonchev–Trinajstić information content (AvgIpc) is 3.29. The van der Waals surface area contributed by atoms with E-state index in [0.29, 0.717) is 5.75 Å². The third-order valence-electron chi connectivity index (χ3n) is 9.28. The molecule has 16 heteroatoms. The van der Waals surface area contributed by atoms with Gasteiger partial charge in [0.1, 0.15) is 11.5 Å². The number of hydrogen-bond acceptors (Lipinski definition) is 5. The Morgan fingerprint density at radius 2 is 1.23 bits per heavy atom. The summed E-state index contributed by atoms with van der Waals surface area (Å²) in [4.78, 5) is 0. The van der Waals surface area contributed by atoms with Gasteiger partial charge in [0.15, 0.2) is 5.76 Å². The van der Waals surface area contributed by atoms with Crippen LogP contribution >= 0.6 is 0 Å². The van der Waals surface area contributed by atoms with Gasteiger partial charge in [0.25, 0.3) is 0 Å². The Morgan fingerprint density at radius 1 is 0.736 bits per heavy atom. The van der Waals surface area contributed by atoms with Crippen LogP contribution in [0.5, 0.6) is 11.5 Å². The van der Waals surface area contributed by atoms with Gasteiger partial charge < -0.3 is 13.7 Å². The second-order valence-corrected chi connectivity index (χ2v) is 27.8. The molecule has 0 amide bonds. The van der Waals surface area contributed by atoms with Crippen molar-refractivity contribution < 1.29 is 61.6 Å². The summed E-state index contributed by atoms with van der Waals surface area (Å²) >= 11 is -1.85. The second-order valence-electron chi connectivity index (χ2n) is 13.0. The minimum Gasteiger partial charge on any atom is -0.497 e. The Morgan fingerprint density at radius 3 is 1.66 bits per heavy atom. The summed E-state index contributed by atoms with van der Waals surface area (Å²) in [6.45, 7) is 11.1. The van der Waals surface area contributed by atoms with Crippen molar-refractivity contribution in [1.82, 2.24) is 0 Å². The van der Waals surface area contributed by atoms with E-state index in [1.807, 2.05) is 0 Å². The predicted molar refractivity (Wildman–Crippen MR) is 192 cm³/mol. The number of ether oxygens (including phenoxy) is 2. The normalized spacial score (nSPS) is 14.5. The molecule has 0 bridgehead atoms. The zero-order valence-electron chi connectivity index (χ0n) is 30.7. The van der Waals surface area contributed by atoms with Gasteiger partial charge in [-0.2, -0.15) is 47.9 Å². The zero-order valence-corrected chi connectivity index (χ0v) is 34.3. The molecule has 0 saturated carbocycles. The number of methoxy groups -OCH3 is 2. The van der Waals surface area contributed by atoms with Gasteiger partial charge >= 0.3 is 135 Å². The molecule has 0 fully saturated rings. The number of alkyl halides is 9. The third-order valence-corrected chi connectivity index (χ3v) is 24.6. The molecule has 3 rings (SSSR count). The quantitative estimate of drug-likeness (QED) is 0.0847. The first-order valence-electron chi connectivity index (χ1n) is 17.5. The van der Waals surface area contributed by atoms with E-state index in [1.165, 1.54) is 89.1 Å². The van der Waals surface area contributed by atoms with Gasteiger partial charge in [-0.25, -0.2) is 0 Å². The topological polar surface area (TPSA) is 61.8 Å². The van der Waals surface area contributed by atoms with Crippen molar-refractivity contribution >= 4 is 39.8 Å². The molecule has 2 aromatic carbocycles. The van der Waals surface area contributed by atoms with E-state index in [9.17, 15) is 47.9 Å². The molecule has 0 saturated heterocycles. The number of halogens is 9. The second kappa shape index (κ2) is 19.3. The zero-order chi connectivity index (χ0) is 40.3. The molecule has 300 valence electrons. The van der Waals surface area contributed by atoms with Crippen LogP contribution in [0, 0.1) is 0 Å². The molecule has 2 aromatic rings. The maximum atomic E-state index is 14.5. The van der Waals surface area contributed by atoms with Crippen molar-refractivity contribution in [3.63, 3.8) is 0 Å². The van der Waals surface area contributed by atoms with Crippen LogP contribution < -0.4 is 9.47 Å². The van der Waals surface area contributed by atoms with Crippen molar-refractivity contribution in [2.45, 2.75) is 115 Å². The maximum absolute atomic E-state index is 14.5. The smallest absolute Gasteiger partial charge is 0.460 e. The van der Waals surface area contributed by atoms with Crippen LogP contribution in [0.1, 0.15) is 88.8 Å². The predicted octanol–water partition coefficient (Wildman–Crippen LogP) is 12.2. The van der Waals surface area contributed by atoms with Gasteiger partial charge in [0, 0.05) is 11.1 Å².